The molecule has 0 spiro atoms. The minimum Gasteiger partial charge on any atom is -0.360 e. The maximum absolute atomic E-state index is 13.6. The van der Waals surface area contributed by atoms with E-state index in [0.717, 1.165) is 16.0 Å². The van der Waals surface area contributed by atoms with Gasteiger partial charge < -0.3 is 10.2 Å². The van der Waals surface area contributed by atoms with Crippen LogP contribution in [0.4, 0.5) is 9.52 Å². The molecule has 0 aliphatic heterocycles. The highest BCUT2D eigenvalue weighted by Gasteiger charge is 2.13. The third-order valence-electron chi connectivity index (χ3n) is 2.84. The number of anilines is 1. The number of nitrogens with zero attached hydrogens (tertiary/aromatic N) is 3. The fourth-order valence-electron chi connectivity index (χ4n) is 1.69. The van der Waals surface area contributed by atoms with E-state index in [4.69, 9.17) is 0 Å². The van der Waals surface area contributed by atoms with Crippen molar-refractivity contribution in [3.63, 3.8) is 0 Å². The maximum atomic E-state index is 13.6. The van der Waals surface area contributed by atoms with Gasteiger partial charge in [-0.25, -0.2) is 4.39 Å². The Kier molecular flexibility index (Phi) is 6.14. The van der Waals surface area contributed by atoms with Crippen molar-refractivity contribution >= 4 is 34.1 Å². The van der Waals surface area contributed by atoms with Gasteiger partial charge in [0.1, 0.15) is 5.82 Å². The van der Waals surface area contributed by atoms with Crippen molar-refractivity contribution < 1.29 is 9.18 Å². The first kappa shape index (κ1) is 16.7. The van der Waals surface area contributed by atoms with Gasteiger partial charge in [0.2, 0.25) is 11.0 Å². The molecule has 0 bridgehead atoms. The summed E-state index contributed by atoms with van der Waals surface area (Å²) in [6, 6.07) is 6.47. The van der Waals surface area contributed by atoms with Gasteiger partial charge in [-0.1, -0.05) is 41.3 Å². The molecule has 22 heavy (non-hydrogen) atoms. The van der Waals surface area contributed by atoms with Crippen molar-refractivity contribution in [2.24, 2.45) is 0 Å². The van der Waals surface area contributed by atoms with Crippen LogP contribution in [0.5, 0.6) is 0 Å². The zero-order valence-corrected chi connectivity index (χ0v) is 14.0. The highest BCUT2D eigenvalue weighted by atomic mass is 32.2. The molecule has 0 fully saturated rings. The van der Waals surface area contributed by atoms with Crippen LogP contribution in [0.25, 0.3) is 0 Å². The zero-order valence-electron chi connectivity index (χ0n) is 12.4. The van der Waals surface area contributed by atoms with Crippen LogP contribution >= 0.6 is 23.1 Å². The first-order valence-corrected chi connectivity index (χ1v) is 8.58. The summed E-state index contributed by atoms with van der Waals surface area (Å²) in [4.78, 5) is 13.6. The number of benzene rings is 1. The Balaban J connectivity index is 1.84. The molecule has 1 amide bonds. The van der Waals surface area contributed by atoms with Crippen molar-refractivity contribution in [1.29, 1.82) is 0 Å². The number of carbonyl (C=O) groups is 1. The van der Waals surface area contributed by atoms with Gasteiger partial charge in [0.25, 0.3) is 0 Å². The molecule has 1 aromatic heterocycles. The molecule has 0 saturated carbocycles. The van der Waals surface area contributed by atoms with E-state index >= 15 is 0 Å². The molecule has 1 aromatic carbocycles. The van der Waals surface area contributed by atoms with Crippen molar-refractivity contribution in [3.8, 4) is 0 Å². The van der Waals surface area contributed by atoms with E-state index in [0.29, 0.717) is 5.56 Å². The summed E-state index contributed by atoms with van der Waals surface area (Å²) >= 11 is 2.75. The second-order valence-corrected chi connectivity index (χ2v) is 6.73. The summed E-state index contributed by atoms with van der Waals surface area (Å²) in [5.41, 5.74) is 0.508. The number of halogens is 1. The maximum Gasteiger partial charge on any atom is 0.233 e. The molecule has 0 saturated heterocycles. The lowest BCUT2D eigenvalue weighted by Gasteiger charge is -2.17. The molecule has 0 aliphatic rings. The fourth-order valence-corrected chi connectivity index (χ4v) is 3.46. The van der Waals surface area contributed by atoms with E-state index < -0.39 is 0 Å². The van der Waals surface area contributed by atoms with Crippen LogP contribution in [0.15, 0.2) is 28.6 Å². The quantitative estimate of drug-likeness (QED) is 0.786. The molecule has 2 aromatic rings. The van der Waals surface area contributed by atoms with Crippen LogP contribution in [-0.4, -0.2) is 40.3 Å². The Labute approximate surface area is 136 Å². The summed E-state index contributed by atoms with van der Waals surface area (Å²) in [7, 11) is 1.67. The van der Waals surface area contributed by atoms with Crippen LogP contribution < -0.4 is 5.32 Å². The average Bonchev–Trinajstić information content (AvgIpc) is 2.95. The molecule has 5 nitrogen and oxygen atoms in total. The summed E-state index contributed by atoms with van der Waals surface area (Å²) in [6.07, 6.45) is 0. The number of hydrogen-bond acceptors (Lipinski definition) is 6. The second-order valence-electron chi connectivity index (χ2n) is 4.53. The predicted molar refractivity (Wildman–Crippen MR) is 87.7 cm³/mol. The van der Waals surface area contributed by atoms with E-state index in [1.807, 2.05) is 6.92 Å². The van der Waals surface area contributed by atoms with E-state index in [1.54, 1.807) is 25.2 Å². The van der Waals surface area contributed by atoms with Crippen LogP contribution in [-0.2, 0) is 11.3 Å². The summed E-state index contributed by atoms with van der Waals surface area (Å²) in [6.45, 7) is 3.02. The second kappa shape index (κ2) is 8.09. The van der Waals surface area contributed by atoms with Gasteiger partial charge in [-0.2, -0.15) is 0 Å². The third-order valence-corrected chi connectivity index (χ3v) is 4.84. The third kappa shape index (κ3) is 4.67. The van der Waals surface area contributed by atoms with E-state index in [1.165, 1.54) is 34.1 Å². The van der Waals surface area contributed by atoms with Gasteiger partial charge in [-0.3, -0.25) is 4.79 Å². The van der Waals surface area contributed by atoms with Crippen LogP contribution in [0.2, 0.25) is 0 Å². The van der Waals surface area contributed by atoms with Gasteiger partial charge in [0.15, 0.2) is 4.34 Å². The van der Waals surface area contributed by atoms with Crippen molar-refractivity contribution in [3.05, 3.63) is 35.6 Å². The Morgan fingerprint density at radius 1 is 1.41 bits per heavy atom. The molecular weight excluding hydrogens is 323 g/mol. The highest BCUT2D eigenvalue weighted by molar-refractivity contribution is 8.01. The number of aromatic nitrogens is 2. The van der Waals surface area contributed by atoms with Crippen LogP contribution in [0.1, 0.15) is 12.5 Å². The first-order valence-electron chi connectivity index (χ1n) is 6.77. The summed E-state index contributed by atoms with van der Waals surface area (Å²) < 4.78 is 14.3. The normalized spacial score (nSPS) is 10.5. The molecule has 118 valence electrons. The van der Waals surface area contributed by atoms with Gasteiger partial charge in [-0.15, -0.1) is 10.2 Å². The predicted octanol–water partition coefficient (Wildman–Crippen LogP) is 2.86. The first-order chi connectivity index (χ1) is 10.6. The smallest absolute Gasteiger partial charge is 0.233 e. The van der Waals surface area contributed by atoms with Crippen molar-refractivity contribution in [1.82, 2.24) is 15.1 Å². The van der Waals surface area contributed by atoms with Gasteiger partial charge >= 0.3 is 0 Å². The SMILES string of the molecule is CCNc1nnc(SCC(=O)N(C)Cc2ccccc2F)s1. The minimum atomic E-state index is -0.297. The Morgan fingerprint density at radius 2 is 2.18 bits per heavy atom. The van der Waals surface area contributed by atoms with Crippen LogP contribution in [0, 0.1) is 5.82 Å². The van der Waals surface area contributed by atoms with E-state index in [9.17, 15) is 9.18 Å². The standard InChI is InChI=1S/C14H17FN4OS2/c1-3-16-13-17-18-14(22-13)21-9-12(20)19(2)8-10-6-4-5-7-11(10)15/h4-7H,3,8-9H2,1-2H3,(H,16,17). The molecular formula is C14H17FN4OS2. The summed E-state index contributed by atoms with van der Waals surface area (Å²) in [5, 5.41) is 11.8. The minimum absolute atomic E-state index is 0.0755. The van der Waals surface area contributed by atoms with Gasteiger partial charge in [0, 0.05) is 25.7 Å². The van der Waals surface area contributed by atoms with E-state index in [2.05, 4.69) is 15.5 Å². The topological polar surface area (TPSA) is 58.1 Å². The number of thioether (sulfide) groups is 1. The lowest BCUT2D eigenvalue weighted by Crippen LogP contribution is -2.28. The number of nitrogens with one attached hydrogen (secondary N) is 1. The number of carbonyl (C=O) groups excluding carboxylic acids is 1. The van der Waals surface area contributed by atoms with Crippen LogP contribution in [0.3, 0.4) is 0 Å². The molecule has 2 rings (SSSR count). The Morgan fingerprint density at radius 3 is 2.91 bits per heavy atom. The molecule has 8 heteroatoms. The molecule has 0 radical (unpaired) electrons. The van der Waals surface area contributed by atoms with E-state index in [-0.39, 0.29) is 24.0 Å². The molecule has 0 unspecified atom stereocenters. The largest absolute Gasteiger partial charge is 0.360 e. The van der Waals surface area contributed by atoms with Crippen molar-refractivity contribution in [2.45, 2.75) is 17.8 Å². The summed E-state index contributed by atoms with van der Waals surface area (Å²) in [5.74, 6) is -0.117. The number of amides is 1. The fraction of sp³-hybridized carbons (Fsp3) is 0.357. The lowest BCUT2D eigenvalue weighted by atomic mass is 10.2. The molecule has 1 N–H and O–H groups in total. The Hall–Kier alpha value is -1.67. The molecule has 0 aliphatic carbocycles. The monoisotopic (exact) mass is 340 g/mol. The number of rotatable bonds is 7. The lowest BCUT2D eigenvalue weighted by molar-refractivity contribution is -0.127. The van der Waals surface area contributed by atoms with Gasteiger partial charge in [-0.05, 0) is 13.0 Å². The average molecular weight is 340 g/mol. The number of hydrogen-bond donors (Lipinski definition) is 1. The highest BCUT2D eigenvalue weighted by Crippen LogP contribution is 2.25. The van der Waals surface area contributed by atoms with Gasteiger partial charge in [0.05, 0.1) is 5.75 Å². The molecule has 0 atom stereocenters. The van der Waals surface area contributed by atoms with Crippen molar-refractivity contribution in [2.75, 3.05) is 24.7 Å². The zero-order chi connectivity index (χ0) is 15.9. The molecule has 1 heterocycles. The Bertz CT molecular complexity index is 635.